The van der Waals surface area contributed by atoms with Gasteiger partial charge in [-0.1, -0.05) is 57.2 Å². The van der Waals surface area contributed by atoms with Crippen LogP contribution in [0.5, 0.6) is 11.5 Å². The zero-order valence-corrected chi connectivity index (χ0v) is 33.9. The fraction of sp³-hybridized carbons (Fsp3) is 0.512. The predicted molar refractivity (Wildman–Crippen MR) is 214 cm³/mol. The van der Waals surface area contributed by atoms with Gasteiger partial charge in [-0.05, 0) is 62.1 Å². The van der Waals surface area contributed by atoms with Gasteiger partial charge in [-0.15, -0.1) is 6.58 Å². The zero-order chi connectivity index (χ0) is 40.6. The van der Waals surface area contributed by atoms with E-state index in [1.54, 1.807) is 13.2 Å². The van der Waals surface area contributed by atoms with Gasteiger partial charge in [-0.2, -0.15) is 0 Å². The Balaban J connectivity index is 1.23. The predicted octanol–water partition coefficient (Wildman–Crippen LogP) is 5.17. The van der Waals surface area contributed by atoms with Gasteiger partial charge in [-0.25, -0.2) is 4.98 Å². The number of rotatable bonds is 13. The maximum atomic E-state index is 14.9. The van der Waals surface area contributed by atoms with E-state index in [-0.39, 0.29) is 37.6 Å². The van der Waals surface area contributed by atoms with Gasteiger partial charge in [0.05, 0.1) is 42.0 Å². The van der Waals surface area contributed by atoms with Gasteiger partial charge in [0.1, 0.15) is 29.2 Å². The van der Waals surface area contributed by atoms with Crippen LogP contribution in [0.2, 0.25) is 0 Å². The number of hydrogen-bond acceptors (Lipinski definition) is 9. The second-order valence-electron chi connectivity index (χ2n) is 16.9. The van der Waals surface area contributed by atoms with Crippen molar-refractivity contribution < 1.29 is 37.4 Å². The monoisotopic (exact) mass is 798 g/mol. The number of ether oxygens (including phenoxy) is 2. The minimum Gasteiger partial charge on any atom is -0.755 e. The van der Waals surface area contributed by atoms with Crippen LogP contribution in [0.3, 0.4) is 0 Å². The first-order valence-corrected chi connectivity index (χ1v) is 20.9. The highest BCUT2D eigenvalue weighted by Crippen LogP contribution is 2.48. The number of aromatic nitrogens is 1. The fourth-order valence-corrected chi connectivity index (χ4v) is 9.05. The molecule has 1 aromatic heterocycles. The second kappa shape index (κ2) is 16.2. The summed E-state index contributed by atoms with van der Waals surface area (Å²) in [4.78, 5) is 65.3. The Morgan fingerprint density at radius 3 is 2.42 bits per heavy atom. The Morgan fingerprint density at radius 1 is 1.09 bits per heavy atom. The molecule has 7 rings (SSSR count). The molecule has 304 valence electrons. The Hall–Kier alpha value is -4.82. The number of hydrogen-bond donors (Lipinski definition) is 1. The van der Waals surface area contributed by atoms with Crippen molar-refractivity contribution >= 4 is 45.8 Å². The number of nitrogens with zero attached hydrogens (tertiary/aromatic N) is 4. The Morgan fingerprint density at radius 2 is 1.81 bits per heavy atom. The van der Waals surface area contributed by atoms with E-state index in [2.05, 4.69) is 11.9 Å². The largest absolute Gasteiger partial charge is 0.755 e. The fourth-order valence-electron chi connectivity index (χ4n) is 8.30. The molecular weight excluding hydrogens is 747 g/mol. The highest BCUT2D eigenvalue weighted by Gasteiger charge is 2.63. The van der Waals surface area contributed by atoms with E-state index in [9.17, 15) is 27.9 Å². The molecule has 2 aliphatic carbocycles. The van der Waals surface area contributed by atoms with Gasteiger partial charge in [0, 0.05) is 54.9 Å². The van der Waals surface area contributed by atoms with E-state index in [0.29, 0.717) is 54.0 Å². The van der Waals surface area contributed by atoms with Crippen molar-refractivity contribution in [3.05, 3.63) is 67.3 Å². The van der Waals surface area contributed by atoms with Crippen molar-refractivity contribution in [2.45, 2.75) is 95.9 Å². The molecule has 3 aromatic rings. The van der Waals surface area contributed by atoms with Crippen molar-refractivity contribution in [3.8, 4) is 22.8 Å². The summed E-state index contributed by atoms with van der Waals surface area (Å²) in [6, 6.07) is 15.5. The maximum Gasteiger partial charge on any atom is 0.260 e. The summed E-state index contributed by atoms with van der Waals surface area (Å²) in [6.07, 6.45) is 5.12. The van der Waals surface area contributed by atoms with Crippen molar-refractivity contribution in [3.63, 3.8) is 0 Å². The summed E-state index contributed by atoms with van der Waals surface area (Å²) in [5, 5.41) is 3.60. The maximum absolute atomic E-state index is 14.9. The topological polar surface area (TPSA) is 162 Å². The molecule has 2 saturated heterocycles. The molecule has 0 radical (unpaired) electrons. The third kappa shape index (κ3) is 8.43. The van der Waals surface area contributed by atoms with Crippen molar-refractivity contribution in [2.24, 2.45) is 17.3 Å². The molecule has 2 aliphatic heterocycles. The molecule has 2 aromatic carbocycles. The first-order valence-electron chi connectivity index (χ1n) is 19.9. The molecule has 6 atom stereocenters. The highest BCUT2D eigenvalue weighted by molar-refractivity contribution is 7.77. The van der Waals surface area contributed by atoms with Crippen LogP contribution in [0.4, 0.5) is 0 Å². The van der Waals surface area contributed by atoms with Crippen LogP contribution >= 0.6 is 0 Å². The van der Waals surface area contributed by atoms with Crippen molar-refractivity contribution in [2.75, 3.05) is 26.7 Å². The van der Waals surface area contributed by atoms with Crippen LogP contribution in [0.25, 0.3) is 22.2 Å². The summed E-state index contributed by atoms with van der Waals surface area (Å²) < 4.78 is 37.7. The third-order valence-corrected chi connectivity index (χ3v) is 12.7. The van der Waals surface area contributed by atoms with Gasteiger partial charge in [0.25, 0.3) is 5.91 Å². The SMILES string of the molecule is C=CC1C[C@]1(NC(=O)[C@@H]1C[C@@H](Oc2cc(-c3ccccc3)nc3ccc(OC)cc23)CN1C(=O)[C@@H](CC(=O)N1CCCCC1)C(C)(C)C)C(=O)N(C1CC1)S(=O)[O-]. The number of benzene rings is 2. The second-order valence-corrected chi connectivity index (χ2v) is 17.7. The molecule has 13 nitrogen and oxygen atoms in total. The van der Waals surface area contributed by atoms with Crippen LogP contribution < -0.4 is 14.8 Å². The van der Waals surface area contributed by atoms with E-state index in [0.717, 1.165) is 29.1 Å². The first kappa shape index (κ1) is 40.4. The van der Waals surface area contributed by atoms with Crippen LogP contribution in [0.15, 0.2) is 67.3 Å². The lowest BCUT2D eigenvalue weighted by Crippen LogP contribution is -2.57. The molecule has 0 spiro atoms. The number of carbonyl (C=O) groups is 4. The van der Waals surface area contributed by atoms with E-state index in [1.807, 2.05) is 80.3 Å². The number of amides is 4. The van der Waals surface area contributed by atoms with Crippen LogP contribution in [0.1, 0.15) is 72.1 Å². The summed E-state index contributed by atoms with van der Waals surface area (Å²) in [6.45, 7) is 10.9. The lowest BCUT2D eigenvalue weighted by Gasteiger charge is -2.37. The van der Waals surface area contributed by atoms with Gasteiger partial charge in [0.15, 0.2) is 0 Å². The molecular formula is C43H52N5O8S-. The molecule has 0 bridgehead atoms. The molecule has 4 aliphatic rings. The Labute approximate surface area is 336 Å². The van der Waals surface area contributed by atoms with Crippen molar-refractivity contribution in [1.29, 1.82) is 0 Å². The average Bonchev–Trinajstić information content (AvgIpc) is 4.13. The summed E-state index contributed by atoms with van der Waals surface area (Å²) in [5.74, 6) is -1.92. The normalized spacial score (nSPS) is 24.3. The highest BCUT2D eigenvalue weighted by atomic mass is 32.2. The van der Waals surface area contributed by atoms with Gasteiger partial charge >= 0.3 is 0 Å². The lowest BCUT2D eigenvalue weighted by atomic mass is 9.77. The number of likely N-dealkylation sites (tertiary alicyclic amines) is 2. The van der Waals surface area contributed by atoms with Crippen LogP contribution in [-0.2, 0) is 30.4 Å². The summed E-state index contributed by atoms with van der Waals surface area (Å²) in [5.41, 5.74) is 0.0633. The van der Waals surface area contributed by atoms with Crippen LogP contribution in [-0.4, -0.2) is 102 Å². The summed E-state index contributed by atoms with van der Waals surface area (Å²) >= 11 is -2.82. The standard InChI is InChI=1S/C43H53N5O8S/c1-6-28-25-43(28,41(52)48(57(53)54)29-15-16-29)45-39(50)36-22-31(26-47(36)40(51)33(42(2,3)4)23-38(49)46-19-11-8-12-20-46)56-37-24-35(27-13-9-7-10-14-27)44-34-18-17-30(55-5)21-32(34)37/h6-7,9-10,13-14,17-18,21,24,28-29,31,33,36H,1,8,11-12,15-16,19-20,22-23,25-26H2,2-5H3,(H,45,50)(H,53,54)/p-1/t28?,31-,33-,36+,43-/m1/s1. The van der Waals surface area contributed by atoms with E-state index < -0.39 is 64.1 Å². The number of nitrogens with one attached hydrogen (secondary N) is 1. The van der Waals surface area contributed by atoms with Gasteiger partial charge in [0.2, 0.25) is 17.7 Å². The Bertz CT molecular complexity index is 2060. The molecule has 2 unspecified atom stereocenters. The van der Waals surface area contributed by atoms with Crippen molar-refractivity contribution in [1.82, 2.24) is 24.4 Å². The smallest absolute Gasteiger partial charge is 0.260 e. The van der Waals surface area contributed by atoms with Crippen LogP contribution in [0, 0.1) is 17.3 Å². The Kier molecular flexibility index (Phi) is 11.5. The molecule has 3 heterocycles. The quantitative estimate of drug-likeness (QED) is 0.182. The first-order chi connectivity index (χ1) is 27.2. The summed E-state index contributed by atoms with van der Waals surface area (Å²) in [7, 11) is 1.58. The number of piperidine rings is 1. The number of methoxy groups -OCH3 is 1. The molecule has 1 N–H and O–H groups in total. The molecule has 14 heteroatoms. The lowest BCUT2D eigenvalue weighted by molar-refractivity contribution is -0.149. The zero-order valence-electron chi connectivity index (χ0n) is 33.1. The molecule has 57 heavy (non-hydrogen) atoms. The molecule has 2 saturated carbocycles. The number of fused-ring (bicyclic) bond motifs is 1. The number of carbonyl (C=O) groups excluding carboxylic acids is 4. The number of pyridine rings is 1. The minimum absolute atomic E-state index is 0.0134. The van der Waals surface area contributed by atoms with E-state index >= 15 is 0 Å². The minimum atomic E-state index is -2.82. The average molecular weight is 799 g/mol. The molecule has 4 fully saturated rings. The third-order valence-electron chi connectivity index (χ3n) is 11.9. The molecule has 4 amide bonds. The van der Waals surface area contributed by atoms with E-state index in [4.69, 9.17) is 14.5 Å². The van der Waals surface area contributed by atoms with Gasteiger partial charge in [-0.3, -0.25) is 27.7 Å². The van der Waals surface area contributed by atoms with Gasteiger partial charge < -0.3 is 29.1 Å². The van der Waals surface area contributed by atoms with E-state index in [1.165, 1.54) is 4.90 Å².